The molecule has 106 valence electrons. The Labute approximate surface area is 113 Å². The fourth-order valence-electron chi connectivity index (χ4n) is 2.52. The summed E-state index contributed by atoms with van der Waals surface area (Å²) < 4.78 is 26.5. The summed E-state index contributed by atoms with van der Waals surface area (Å²) in [6, 6.07) is 2.54. The van der Waals surface area contributed by atoms with E-state index in [0.717, 1.165) is 6.42 Å². The first kappa shape index (κ1) is 14.3. The van der Waals surface area contributed by atoms with Crippen LogP contribution in [0.2, 0.25) is 0 Å². The monoisotopic (exact) mass is 284 g/mol. The second kappa shape index (κ2) is 6.34. The molecule has 0 spiro atoms. The van der Waals surface area contributed by atoms with Crippen LogP contribution in [0.25, 0.3) is 0 Å². The van der Waals surface area contributed by atoms with Gasteiger partial charge in [0, 0.05) is 18.8 Å². The van der Waals surface area contributed by atoms with Crippen LogP contribution in [0.15, 0.2) is 28.0 Å². The van der Waals surface area contributed by atoms with Crippen molar-refractivity contribution in [2.24, 2.45) is 5.92 Å². The molecular weight excluding hydrogens is 264 g/mol. The Morgan fingerprint density at radius 2 is 1.95 bits per heavy atom. The molecule has 1 aromatic rings. The van der Waals surface area contributed by atoms with Crippen LogP contribution in [-0.2, 0) is 10.0 Å². The Morgan fingerprint density at radius 3 is 2.58 bits per heavy atom. The van der Waals surface area contributed by atoms with Crippen molar-refractivity contribution in [1.29, 1.82) is 0 Å². The maximum absolute atomic E-state index is 12.0. The number of H-pyrrole nitrogens is 1. The molecule has 19 heavy (non-hydrogen) atoms. The average Bonchev–Trinajstić information content (AvgIpc) is 2.40. The van der Waals surface area contributed by atoms with Crippen molar-refractivity contribution < 1.29 is 8.42 Å². The van der Waals surface area contributed by atoms with E-state index in [9.17, 15) is 13.2 Å². The first-order valence-corrected chi connectivity index (χ1v) is 8.25. The molecule has 2 N–H and O–H groups in total. The summed E-state index contributed by atoms with van der Waals surface area (Å²) in [5.74, 6) is 0.645. The number of sulfonamides is 1. The Hall–Kier alpha value is -1.14. The second-order valence-electron chi connectivity index (χ2n) is 5.08. The molecule has 1 saturated carbocycles. The maximum atomic E-state index is 12.0. The topological polar surface area (TPSA) is 79.0 Å². The van der Waals surface area contributed by atoms with Gasteiger partial charge in [0.25, 0.3) is 0 Å². The highest BCUT2D eigenvalue weighted by molar-refractivity contribution is 7.89. The summed E-state index contributed by atoms with van der Waals surface area (Å²) in [5, 5.41) is 0. The summed E-state index contributed by atoms with van der Waals surface area (Å²) >= 11 is 0. The Balaban J connectivity index is 1.87. The zero-order chi connectivity index (χ0) is 13.7. The molecule has 1 fully saturated rings. The third kappa shape index (κ3) is 4.18. The lowest BCUT2D eigenvalue weighted by Crippen LogP contribution is -2.27. The predicted octanol–water partition coefficient (Wildman–Crippen LogP) is 1.62. The molecule has 0 aliphatic heterocycles. The van der Waals surface area contributed by atoms with Crippen molar-refractivity contribution in [1.82, 2.24) is 9.71 Å². The highest BCUT2D eigenvalue weighted by atomic mass is 32.2. The van der Waals surface area contributed by atoms with Crippen LogP contribution in [0.3, 0.4) is 0 Å². The van der Waals surface area contributed by atoms with E-state index >= 15 is 0 Å². The van der Waals surface area contributed by atoms with Gasteiger partial charge in [-0.15, -0.1) is 0 Å². The number of pyridine rings is 1. The highest BCUT2D eigenvalue weighted by Gasteiger charge is 2.16. The van der Waals surface area contributed by atoms with E-state index in [2.05, 4.69) is 9.71 Å². The molecule has 0 bridgehead atoms. The minimum Gasteiger partial charge on any atom is -0.328 e. The van der Waals surface area contributed by atoms with Crippen LogP contribution >= 0.6 is 0 Å². The fourth-order valence-corrected chi connectivity index (χ4v) is 3.53. The van der Waals surface area contributed by atoms with Crippen LogP contribution in [-0.4, -0.2) is 19.9 Å². The lowest BCUT2D eigenvalue weighted by Gasteiger charge is -2.21. The molecule has 2 rings (SSSR count). The van der Waals surface area contributed by atoms with Crippen LogP contribution in [0.1, 0.15) is 38.5 Å². The minimum absolute atomic E-state index is 0.107. The molecule has 0 radical (unpaired) electrons. The van der Waals surface area contributed by atoms with Crippen molar-refractivity contribution in [3.63, 3.8) is 0 Å². The predicted molar refractivity (Wildman–Crippen MR) is 73.4 cm³/mol. The third-order valence-corrected chi connectivity index (χ3v) is 5.09. The molecule has 1 heterocycles. The second-order valence-corrected chi connectivity index (χ2v) is 6.85. The fraction of sp³-hybridized carbons (Fsp3) is 0.615. The molecule has 1 aliphatic carbocycles. The number of aromatic amines is 1. The maximum Gasteiger partial charge on any atom is 0.247 e. The van der Waals surface area contributed by atoms with E-state index in [0.29, 0.717) is 12.5 Å². The number of rotatable bonds is 5. The number of hydrogen-bond acceptors (Lipinski definition) is 3. The molecule has 1 aliphatic rings. The van der Waals surface area contributed by atoms with E-state index < -0.39 is 10.0 Å². The van der Waals surface area contributed by atoms with Gasteiger partial charge in [-0.25, -0.2) is 13.1 Å². The molecule has 0 atom stereocenters. The first-order chi connectivity index (χ1) is 9.08. The van der Waals surface area contributed by atoms with E-state index in [1.807, 2.05) is 0 Å². The van der Waals surface area contributed by atoms with Gasteiger partial charge >= 0.3 is 0 Å². The van der Waals surface area contributed by atoms with E-state index in [4.69, 9.17) is 0 Å². The molecular formula is C13H20N2O3S. The van der Waals surface area contributed by atoms with E-state index in [1.54, 1.807) is 0 Å². The van der Waals surface area contributed by atoms with E-state index in [1.165, 1.54) is 50.4 Å². The molecule has 0 amide bonds. The summed E-state index contributed by atoms with van der Waals surface area (Å²) in [5.41, 5.74) is -0.304. The van der Waals surface area contributed by atoms with Gasteiger partial charge in [0.2, 0.25) is 15.6 Å². The Bertz CT molecular complexity index is 539. The Kier molecular flexibility index (Phi) is 4.76. The van der Waals surface area contributed by atoms with Crippen molar-refractivity contribution in [3.8, 4) is 0 Å². The summed E-state index contributed by atoms with van der Waals surface area (Å²) in [6.07, 6.45) is 8.36. The van der Waals surface area contributed by atoms with Gasteiger partial charge in [0.1, 0.15) is 0 Å². The molecule has 6 heteroatoms. The highest BCUT2D eigenvalue weighted by Crippen LogP contribution is 2.25. The first-order valence-electron chi connectivity index (χ1n) is 6.76. The molecule has 0 aromatic carbocycles. The van der Waals surface area contributed by atoms with Gasteiger partial charge in [-0.3, -0.25) is 4.79 Å². The van der Waals surface area contributed by atoms with Crippen molar-refractivity contribution in [3.05, 3.63) is 28.7 Å². The lowest BCUT2D eigenvalue weighted by atomic mass is 9.87. The lowest BCUT2D eigenvalue weighted by molar-refractivity contribution is 0.339. The zero-order valence-electron chi connectivity index (χ0n) is 10.9. The van der Waals surface area contributed by atoms with E-state index in [-0.39, 0.29) is 10.5 Å². The largest absolute Gasteiger partial charge is 0.328 e. The summed E-state index contributed by atoms with van der Waals surface area (Å²) in [6.45, 7) is 0.464. The van der Waals surface area contributed by atoms with Gasteiger partial charge < -0.3 is 4.98 Å². The van der Waals surface area contributed by atoms with Gasteiger partial charge in [-0.1, -0.05) is 32.1 Å². The van der Waals surface area contributed by atoms with Gasteiger partial charge in [0.15, 0.2) is 0 Å². The SMILES string of the molecule is O=c1ccc(S(=O)(=O)NCCC2CCCCC2)c[nH]1. The average molecular weight is 284 g/mol. The third-order valence-electron chi connectivity index (χ3n) is 3.64. The van der Waals surface area contributed by atoms with Gasteiger partial charge in [0.05, 0.1) is 4.90 Å². The van der Waals surface area contributed by atoms with Crippen LogP contribution in [0.5, 0.6) is 0 Å². The van der Waals surface area contributed by atoms with Crippen molar-refractivity contribution in [2.75, 3.05) is 6.54 Å². The van der Waals surface area contributed by atoms with Gasteiger partial charge in [-0.2, -0.15) is 0 Å². The summed E-state index contributed by atoms with van der Waals surface area (Å²) in [7, 11) is -3.50. The Morgan fingerprint density at radius 1 is 1.21 bits per heavy atom. The molecule has 0 unspecified atom stereocenters. The van der Waals surface area contributed by atoms with Crippen LogP contribution < -0.4 is 10.3 Å². The smallest absolute Gasteiger partial charge is 0.247 e. The minimum atomic E-state index is -3.50. The number of nitrogens with one attached hydrogen (secondary N) is 2. The van der Waals surface area contributed by atoms with Crippen LogP contribution in [0, 0.1) is 5.92 Å². The van der Waals surface area contributed by atoms with Gasteiger partial charge in [-0.05, 0) is 18.4 Å². The van der Waals surface area contributed by atoms with Crippen molar-refractivity contribution >= 4 is 10.0 Å². The number of hydrogen-bond donors (Lipinski definition) is 2. The summed E-state index contributed by atoms with van der Waals surface area (Å²) in [4.78, 5) is 13.4. The standard InChI is InChI=1S/C13H20N2O3S/c16-13-7-6-12(10-14-13)19(17,18)15-9-8-11-4-2-1-3-5-11/h6-7,10-11,15H,1-5,8-9H2,(H,14,16). The van der Waals surface area contributed by atoms with Crippen molar-refractivity contribution in [2.45, 2.75) is 43.4 Å². The number of aromatic nitrogens is 1. The molecule has 5 nitrogen and oxygen atoms in total. The van der Waals surface area contributed by atoms with Crippen LogP contribution in [0.4, 0.5) is 0 Å². The molecule has 1 aromatic heterocycles. The zero-order valence-corrected chi connectivity index (χ0v) is 11.7. The quantitative estimate of drug-likeness (QED) is 0.862. The normalized spacial score (nSPS) is 17.5. The molecule has 0 saturated heterocycles.